The molecule has 37 heavy (non-hydrogen) atoms. The predicted molar refractivity (Wildman–Crippen MR) is 146 cm³/mol. The van der Waals surface area contributed by atoms with Gasteiger partial charge < -0.3 is 14.9 Å². The number of pyridine rings is 1. The number of hydrogen-bond donors (Lipinski definition) is 2. The number of aliphatic carboxylic acids is 1. The number of carbonyl (C=O) groups is 1. The third-order valence-electron chi connectivity index (χ3n) is 7.22. The van der Waals surface area contributed by atoms with Gasteiger partial charge in [0.15, 0.2) is 0 Å². The highest BCUT2D eigenvalue weighted by atomic mass is 35.5. The molecular formula is C30H33ClN2O4. The van der Waals surface area contributed by atoms with Crippen LogP contribution in [0.4, 0.5) is 0 Å². The first-order valence-corrected chi connectivity index (χ1v) is 13.1. The number of piperidine rings is 1. The van der Waals surface area contributed by atoms with E-state index >= 15 is 0 Å². The minimum Gasteiger partial charge on any atom is -0.497 e. The van der Waals surface area contributed by atoms with Crippen LogP contribution in [0.15, 0.2) is 54.7 Å². The number of halogens is 1. The fraction of sp³-hybridized carbons (Fsp3) is 0.400. The molecule has 2 aromatic carbocycles. The quantitative estimate of drug-likeness (QED) is 0.359. The average Bonchev–Trinajstić information content (AvgIpc) is 2.90. The Balaban J connectivity index is 1.39. The van der Waals surface area contributed by atoms with Crippen LogP contribution in [0.3, 0.4) is 0 Å². The van der Waals surface area contributed by atoms with Crippen molar-refractivity contribution in [2.75, 3.05) is 26.7 Å². The molecule has 3 aromatic rings. The largest absolute Gasteiger partial charge is 0.497 e. The molecule has 2 heterocycles. The van der Waals surface area contributed by atoms with E-state index in [2.05, 4.69) is 21.7 Å². The monoisotopic (exact) mass is 520 g/mol. The van der Waals surface area contributed by atoms with Gasteiger partial charge in [0.2, 0.25) is 0 Å². The van der Waals surface area contributed by atoms with Crippen molar-refractivity contribution >= 4 is 28.5 Å². The first-order valence-electron chi connectivity index (χ1n) is 12.7. The number of ether oxygens (including phenoxy) is 1. The fourth-order valence-electron chi connectivity index (χ4n) is 5.23. The van der Waals surface area contributed by atoms with Gasteiger partial charge in [-0.3, -0.25) is 14.7 Å². The van der Waals surface area contributed by atoms with Crippen LogP contribution in [0.25, 0.3) is 10.9 Å². The van der Waals surface area contributed by atoms with E-state index in [9.17, 15) is 15.0 Å². The molecule has 0 spiro atoms. The van der Waals surface area contributed by atoms with Crippen molar-refractivity contribution in [2.24, 2.45) is 11.8 Å². The summed E-state index contributed by atoms with van der Waals surface area (Å²) >= 11 is 6.05. The molecule has 0 bridgehead atoms. The summed E-state index contributed by atoms with van der Waals surface area (Å²) in [5.41, 5.74) is 2.56. The lowest BCUT2D eigenvalue weighted by atomic mass is 9.79. The van der Waals surface area contributed by atoms with Crippen LogP contribution in [0.2, 0.25) is 5.02 Å². The Bertz CT molecular complexity index is 1290. The second-order valence-electron chi connectivity index (χ2n) is 9.66. The lowest BCUT2D eigenvalue weighted by Crippen LogP contribution is -2.41. The van der Waals surface area contributed by atoms with Crippen LogP contribution >= 0.6 is 11.6 Å². The number of hydrogen-bond acceptors (Lipinski definition) is 5. The number of aliphatic hydroxyl groups excluding tert-OH is 1. The van der Waals surface area contributed by atoms with E-state index in [0.29, 0.717) is 30.3 Å². The van der Waals surface area contributed by atoms with Crippen LogP contribution < -0.4 is 4.74 Å². The molecule has 0 amide bonds. The Morgan fingerprint density at radius 2 is 2.08 bits per heavy atom. The molecule has 1 aliphatic rings. The van der Waals surface area contributed by atoms with Gasteiger partial charge >= 0.3 is 5.97 Å². The number of aliphatic hydroxyl groups is 1. The Hall–Kier alpha value is -3.11. The lowest BCUT2D eigenvalue weighted by Gasteiger charge is -2.38. The van der Waals surface area contributed by atoms with Gasteiger partial charge in [0.25, 0.3) is 0 Å². The number of likely N-dealkylation sites (tertiary alicyclic amines) is 1. The summed E-state index contributed by atoms with van der Waals surface area (Å²) in [6.45, 7) is 2.36. The molecule has 3 atom stereocenters. The summed E-state index contributed by atoms with van der Waals surface area (Å²) in [5, 5.41) is 22.0. The standard InChI is InChI=1S/C30H33ClN2O4/c1-37-25-9-10-28-27(19-25)26(13-15-32-28)29(34)11-7-22-14-17-33(20-23(22)8-12-30(35)36)16-3-5-21-4-2-6-24(31)18-21/h2,4,6,9-10,13,15,18-19,22-23,29,34H,7-8,11-12,14,16-17,20H2,1H3,(H,35,36)/t22-,23+,29?/m1/s1. The summed E-state index contributed by atoms with van der Waals surface area (Å²) in [5.74, 6) is 6.98. The van der Waals surface area contributed by atoms with E-state index < -0.39 is 12.1 Å². The zero-order chi connectivity index (χ0) is 26.2. The van der Waals surface area contributed by atoms with Crippen LogP contribution in [-0.2, 0) is 4.79 Å². The third-order valence-corrected chi connectivity index (χ3v) is 7.45. The summed E-state index contributed by atoms with van der Waals surface area (Å²) in [6.07, 6.45) is 4.29. The highest BCUT2D eigenvalue weighted by molar-refractivity contribution is 6.30. The molecular weight excluding hydrogens is 488 g/mol. The van der Waals surface area contributed by atoms with Gasteiger partial charge in [0.1, 0.15) is 5.75 Å². The van der Waals surface area contributed by atoms with Gasteiger partial charge in [0.05, 0.1) is 25.3 Å². The van der Waals surface area contributed by atoms with Crippen molar-refractivity contribution in [1.29, 1.82) is 0 Å². The number of rotatable bonds is 9. The highest BCUT2D eigenvalue weighted by Gasteiger charge is 2.30. The maximum absolute atomic E-state index is 11.3. The summed E-state index contributed by atoms with van der Waals surface area (Å²) < 4.78 is 5.36. The van der Waals surface area contributed by atoms with Gasteiger partial charge in [-0.2, -0.15) is 0 Å². The minimum absolute atomic E-state index is 0.153. The number of carboxylic acid groups (broad SMARTS) is 1. The van der Waals surface area contributed by atoms with Crippen LogP contribution in [0, 0.1) is 23.7 Å². The zero-order valence-corrected chi connectivity index (χ0v) is 21.8. The Kier molecular flexibility index (Phi) is 9.40. The Morgan fingerprint density at radius 1 is 1.22 bits per heavy atom. The molecule has 1 aliphatic heterocycles. The third kappa shape index (κ3) is 7.45. The summed E-state index contributed by atoms with van der Waals surface area (Å²) in [7, 11) is 1.63. The maximum Gasteiger partial charge on any atom is 0.303 e. The smallest absolute Gasteiger partial charge is 0.303 e. The van der Waals surface area contributed by atoms with Crippen LogP contribution in [0.5, 0.6) is 5.75 Å². The lowest BCUT2D eigenvalue weighted by molar-refractivity contribution is -0.137. The van der Waals surface area contributed by atoms with Gasteiger partial charge in [-0.15, -0.1) is 0 Å². The maximum atomic E-state index is 11.3. The second kappa shape index (κ2) is 12.9. The first-order chi connectivity index (χ1) is 17.9. The van der Waals surface area contributed by atoms with E-state index in [1.165, 1.54) is 0 Å². The molecule has 0 saturated carbocycles. The zero-order valence-electron chi connectivity index (χ0n) is 21.1. The van der Waals surface area contributed by atoms with E-state index in [4.69, 9.17) is 16.3 Å². The van der Waals surface area contributed by atoms with Crippen molar-refractivity contribution in [3.05, 3.63) is 70.9 Å². The van der Waals surface area contributed by atoms with Crippen LogP contribution in [-0.4, -0.2) is 52.8 Å². The van der Waals surface area contributed by atoms with E-state index in [0.717, 1.165) is 53.7 Å². The minimum atomic E-state index is -0.770. The SMILES string of the molecule is COc1ccc2nccc(C(O)CC[C@@H]3CCN(CC#Cc4cccc(Cl)c4)C[C@@H]3CCC(=O)O)c2c1. The molecule has 2 N–H and O–H groups in total. The van der Waals surface area contributed by atoms with Crippen molar-refractivity contribution in [1.82, 2.24) is 9.88 Å². The predicted octanol–water partition coefficient (Wildman–Crippen LogP) is 5.57. The number of benzene rings is 2. The fourth-order valence-corrected chi connectivity index (χ4v) is 5.42. The molecule has 4 rings (SSSR count). The molecule has 1 aromatic heterocycles. The van der Waals surface area contributed by atoms with Gasteiger partial charge in [0, 0.05) is 35.1 Å². The molecule has 0 radical (unpaired) electrons. The molecule has 1 saturated heterocycles. The molecule has 194 valence electrons. The molecule has 1 unspecified atom stereocenters. The van der Waals surface area contributed by atoms with Gasteiger partial charge in [-0.25, -0.2) is 0 Å². The Labute approximate surface area is 223 Å². The van der Waals surface area contributed by atoms with Gasteiger partial charge in [-0.05, 0) is 92.1 Å². The van der Waals surface area contributed by atoms with E-state index in [1.54, 1.807) is 13.3 Å². The van der Waals surface area contributed by atoms with Gasteiger partial charge in [-0.1, -0.05) is 29.5 Å². The van der Waals surface area contributed by atoms with Crippen molar-refractivity contribution in [3.63, 3.8) is 0 Å². The van der Waals surface area contributed by atoms with Crippen molar-refractivity contribution in [3.8, 4) is 17.6 Å². The molecule has 0 aliphatic carbocycles. The van der Waals surface area contributed by atoms with Crippen molar-refractivity contribution in [2.45, 2.75) is 38.2 Å². The molecule has 1 fully saturated rings. The number of aromatic nitrogens is 1. The first kappa shape index (κ1) is 26.9. The van der Waals surface area contributed by atoms with E-state index in [-0.39, 0.29) is 12.3 Å². The van der Waals surface area contributed by atoms with E-state index in [1.807, 2.05) is 48.5 Å². The Morgan fingerprint density at radius 3 is 2.86 bits per heavy atom. The number of fused-ring (bicyclic) bond motifs is 1. The van der Waals surface area contributed by atoms with Crippen molar-refractivity contribution < 1.29 is 19.7 Å². The summed E-state index contributed by atoms with van der Waals surface area (Å²) in [4.78, 5) is 18.0. The second-order valence-corrected chi connectivity index (χ2v) is 10.1. The number of nitrogens with zero attached hydrogens (tertiary/aromatic N) is 2. The number of methoxy groups -OCH3 is 1. The normalized spacial score (nSPS) is 18.7. The summed E-state index contributed by atoms with van der Waals surface area (Å²) in [6, 6.07) is 15.1. The molecule has 6 nitrogen and oxygen atoms in total. The number of carboxylic acids is 1. The highest BCUT2D eigenvalue weighted by Crippen LogP contribution is 2.35. The topological polar surface area (TPSA) is 82.9 Å². The average molecular weight is 521 g/mol. The van der Waals surface area contributed by atoms with Crippen LogP contribution in [0.1, 0.15) is 49.3 Å². The molecule has 7 heteroatoms.